The Bertz CT molecular complexity index is 1780. The number of halogens is 6. The van der Waals surface area contributed by atoms with Gasteiger partial charge in [0.15, 0.2) is 11.6 Å². The summed E-state index contributed by atoms with van der Waals surface area (Å²) in [6, 6.07) is 11.0. The molecule has 0 saturated carbocycles. The number of aromatic nitrogens is 1. The van der Waals surface area contributed by atoms with Gasteiger partial charge >= 0.3 is 6.18 Å². The lowest BCUT2D eigenvalue weighted by Crippen LogP contribution is -2.32. The van der Waals surface area contributed by atoms with E-state index in [4.69, 9.17) is 4.74 Å². The van der Waals surface area contributed by atoms with Crippen LogP contribution in [0.3, 0.4) is 0 Å². The number of fused-ring (bicyclic) bond motifs is 1. The average Bonchev–Trinajstić information content (AvgIpc) is 3.38. The lowest BCUT2D eigenvalue weighted by atomic mass is 9.92. The number of hydrogen-bond acceptors (Lipinski definition) is 5. The largest absolute Gasteiger partial charge is 0.494 e. The number of oxime groups is 1. The molecule has 2 heterocycles. The van der Waals surface area contributed by atoms with Crippen molar-refractivity contribution in [2.45, 2.75) is 30.6 Å². The molecule has 3 aromatic carbocycles. The van der Waals surface area contributed by atoms with Crippen LogP contribution in [0.1, 0.15) is 33.9 Å². The Morgan fingerprint density at radius 3 is 2.38 bits per heavy atom. The minimum absolute atomic E-state index is 0.0306. The van der Waals surface area contributed by atoms with Crippen LogP contribution in [0.25, 0.3) is 11.1 Å². The minimum atomic E-state index is -4.88. The third kappa shape index (κ3) is 4.93. The fraction of sp³-hybridized carbons (Fsp3) is 0.200. The summed E-state index contributed by atoms with van der Waals surface area (Å²) in [5, 5.41) is 13.4. The molecule has 0 bridgehead atoms. The number of pyridine rings is 1. The van der Waals surface area contributed by atoms with Gasteiger partial charge in [0.25, 0.3) is 5.56 Å². The van der Waals surface area contributed by atoms with E-state index in [1.54, 1.807) is 0 Å². The molecule has 0 spiro atoms. The van der Waals surface area contributed by atoms with Gasteiger partial charge in [-0.25, -0.2) is 13.2 Å². The maximum atomic E-state index is 15.6. The van der Waals surface area contributed by atoms with Gasteiger partial charge in [-0.2, -0.15) is 13.2 Å². The quantitative estimate of drug-likeness (QED) is 0.108. The molecule has 5 rings (SSSR count). The number of benzene rings is 3. The Hall–Kier alpha value is -4.19. The molecule has 0 amide bonds. The maximum Gasteiger partial charge on any atom is 0.416 e. The predicted octanol–water partition coefficient (Wildman–Crippen LogP) is 7.38. The first-order valence-corrected chi connectivity index (χ1v) is 13.5. The van der Waals surface area contributed by atoms with Crippen LogP contribution < -0.4 is 10.3 Å². The SMILES string of the molecule is COc1cccc(-c2c(C)c(Cc3c(F)cccc3C(F)(F)F)c3n(c2=O)C(/C(=N/O)c2ccccc2F)CS3)c1F. The summed E-state index contributed by atoms with van der Waals surface area (Å²) in [6.07, 6.45) is -5.47. The minimum Gasteiger partial charge on any atom is -0.494 e. The molecule has 1 aliphatic rings. The van der Waals surface area contributed by atoms with Gasteiger partial charge in [0.2, 0.25) is 0 Å². The molecule has 218 valence electrons. The second kappa shape index (κ2) is 11.2. The van der Waals surface area contributed by atoms with Crippen molar-refractivity contribution in [2.24, 2.45) is 5.16 Å². The average molecular weight is 605 g/mol. The van der Waals surface area contributed by atoms with Crippen LogP contribution in [0.5, 0.6) is 5.75 Å². The first-order chi connectivity index (χ1) is 20.0. The fourth-order valence-electron chi connectivity index (χ4n) is 5.24. The zero-order valence-corrected chi connectivity index (χ0v) is 22.9. The maximum absolute atomic E-state index is 15.6. The van der Waals surface area contributed by atoms with E-state index < -0.39 is 52.8 Å². The molecule has 5 nitrogen and oxygen atoms in total. The number of ether oxygens (including phenoxy) is 1. The molecule has 1 unspecified atom stereocenters. The topological polar surface area (TPSA) is 63.8 Å². The summed E-state index contributed by atoms with van der Waals surface area (Å²) in [5.41, 5.74) is -3.03. The number of rotatable bonds is 6. The molecule has 0 aliphatic carbocycles. The highest BCUT2D eigenvalue weighted by molar-refractivity contribution is 7.99. The van der Waals surface area contributed by atoms with E-state index in [-0.39, 0.29) is 50.1 Å². The van der Waals surface area contributed by atoms with E-state index in [0.717, 1.165) is 40.6 Å². The molecule has 42 heavy (non-hydrogen) atoms. The Morgan fingerprint density at radius 2 is 1.71 bits per heavy atom. The van der Waals surface area contributed by atoms with Crippen LogP contribution in [-0.2, 0) is 12.6 Å². The molecule has 1 aromatic heterocycles. The molecule has 0 radical (unpaired) electrons. The monoisotopic (exact) mass is 604 g/mol. The van der Waals surface area contributed by atoms with Gasteiger partial charge in [-0.1, -0.05) is 35.5 Å². The molecule has 0 fully saturated rings. The zero-order chi connectivity index (χ0) is 30.3. The second-order valence-corrected chi connectivity index (χ2v) is 10.5. The van der Waals surface area contributed by atoms with Crippen LogP contribution in [0.4, 0.5) is 26.3 Å². The van der Waals surface area contributed by atoms with Gasteiger partial charge in [-0.15, -0.1) is 11.8 Å². The standard InChI is InChI=1S/C30H22F6N2O3S/c1-15-18(13-19-20(30(34,35)36)9-6-11-22(19)32)29-38(28(39)25(15)17-8-5-12-24(41-2)26(17)33)23(14-42-29)27(37-40)16-7-3-4-10-21(16)31/h3-12,23,40H,13-14H2,1-2H3/b37-27+. The highest BCUT2D eigenvalue weighted by Crippen LogP contribution is 2.43. The van der Waals surface area contributed by atoms with E-state index in [9.17, 15) is 32.0 Å². The van der Waals surface area contributed by atoms with Crippen LogP contribution in [0.15, 0.2) is 75.6 Å². The Labute approximate surface area is 240 Å². The van der Waals surface area contributed by atoms with Gasteiger partial charge in [0.05, 0.1) is 29.3 Å². The Balaban J connectivity index is 1.82. The summed E-state index contributed by atoms with van der Waals surface area (Å²) in [4.78, 5) is 14.1. The van der Waals surface area contributed by atoms with E-state index in [0.29, 0.717) is 0 Å². The van der Waals surface area contributed by atoms with Crippen molar-refractivity contribution in [3.05, 3.63) is 116 Å². The molecular formula is C30H22F6N2O3S. The van der Waals surface area contributed by atoms with E-state index in [1.165, 1.54) is 50.4 Å². The van der Waals surface area contributed by atoms with Gasteiger partial charge in [0, 0.05) is 28.9 Å². The number of alkyl halides is 3. The second-order valence-electron chi connectivity index (χ2n) is 9.51. The number of methoxy groups -OCH3 is 1. The summed E-state index contributed by atoms with van der Waals surface area (Å²) < 4.78 is 93.3. The third-order valence-corrected chi connectivity index (χ3v) is 8.43. The molecule has 0 saturated heterocycles. The van der Waals surface area contributed by atoms with Crippen molar-refractivity contribution < 1.29 is 36.3 Å². The van der Waals surface area contributed by atoms with Crippen molar-refractivity contribution >= 4 is 17.5 Å². The highest BCUT2D eigenvalue weighted by atomic mass is 32.2. The van der Waals surface area contributed by atoms with Gasteiger partial charge in [-0.3, -0.25) is 9.36 Å². The summed E-state index contributed by atoms with van der Waals surface area (Å²) >= 11 is 1.06. The third-order valence-electron chi connectivity index (χ3n) is 7.23. The molecule has 1 aliphatic heterocycles. The van der Waals surface area contributed by atoms with Crippen LogP contribution in [0, 0.1) is 24.4 Å². The van der Waals surface area contributed by atoms with Gasteiger partial charge in [-0.05, 0) is 48.4 Å². The van der Waals surface area contributed by atoms with E-state index in [1.807, 2.05) is 0 Å². The van der Waals surface area contributed by atoms with Crippen molar-refractivity contribution in [2.75, 3.05) is 12.9 Å². The zero-order valence-electron chi connectivity index (χ0n) is 22.1. The summed E-state index contributed by atoms with van der Waals surface area (Å²) in [6.45, 7) is 1.45. The normalized spacial score (nSPS) is 15.1. The first-order valence-electron chi connectivity index (χ1n) is 12.5. The number of nitrogens with zero attached hydrogens (tertiary/aromatic N) is 2. The van der Waals surface area contributed by atoms with E-state index >= 15 is 4.39 Å². The molecule has 12 heteroatoms. The lowest BCUT2D eigenvalue weighted by Gasteiger charge is -2.22. The van der Waals surface area contributed by atoms with Crippen LogP contribution in [0.2, 0.25) is 0 Å². The predicted molar refractivity (Wildman–Crippen MR) is 146 cm³/mol. The molecule has 4 aromatic rings. The highest BCUT2D eigenvalue weighted by Gasteiger charge is 2.38. The van der Waals surface area contributed by atoms with Crippen molar-refractivity contribution in [3.63, 3.8) is 0 Å². The smallest absolute Gasteiger partial charge is 0.416 e. The van der Waals surface area contributed by atoms with Crippen molar-refractivity contribution in [1.82, 2.24) is 4.57 Å². The van der Waals surface area contributed by atoms with E-state index in [2.05, 4.69) is 5.16 Å². The van der Waals surface area contributed by atoms with Crippen molar-refractivity contribution in [3.8, 4) is 16.9 Å². The van der Waals surface area contributed by atoms with Crippen LogP contribution >= 0.6 is 11.8 Å². The van der Waals surface area contributed by atoms with Crippen LogP contribution in [-0.4, -0.2) is 28.3 Å². The molecular weight excluding hydrogens is 582 g/mol. The van der Waals surface area contributed by atoms with Gasteiger partial charge < -0.3 is 9.94 Å². The van der Waals surface area contributed by atoms with Crippen molar-refractivity contribution in [1.29, 1.82) is 0 Å². The number of hydrogen-bond donors (Lipinski definition) is 1. The van der Waals surface area contributed by atoms with Gasteiger partial charge in [0.1, 0.15) is 17.3 Å². The first kappa shape index (κ1) is 29.3. The fourth-order valence-corrected chi connectivity index (χ4v) is 6.61. The Morgan fingerprint density at radius 1 is 1.02 bits per heavy atom. The lowest BCUT2D eigenvalue weighted by molar-refractivity contribution is -0.138. The molecule has 1 atom stereocenters. The summed E-state index contributed by atoms with van der Waals surface area (Å²) in [7, 11) is 1.23. The summed E-state index contributed by atoms with van der Waals surface area (Å²) in [5.74, 6) is -2.87. The Kier molecular flexibility index (Phi) is 7.84. The molecule has 1 N–H and O–H groups in total. The number of thioether (sulfide) groups is 1.